The topological polar surface area (TPSA) is 114 Å². The molecule has 0 radical (unpaired) electrons. The fourth-order valence-corrected chi connectivity index (χ4v) is 4.37. The highest BCUT2D eigenvalue weighted by Gasteiger charge is 2.57. The van der Waals surface area contributed by atoms with Gasteiger partial charge in [0.05, 0.1) is 5.39 Å². The molecule has 4 heterocycles. The molecule has 3 N–H and O–H groups in total. The average Bonchev–Trinajstić information content (AvgIpc) is 3.00. The molecule has 1 saturated carbocycles. The van der Waals surface area contributed by atoms with Crippen molar-refractivity contribution in [2.45, 2.75) is 12.0 Å². The molecular formula is C17H15ClFN5O3S. The van der Waals surface area contributed by atoms with Crippen LogP contribution in [-0.4, -0.2) is 44.2 Å². The summed E-state index contributed by atoms with van der Waals surface area (Å²) in [6, 6.07) is 1.06. The molecule has 5 rings (SSSR count). The van der Waals surface area contributed by atoms with Crippen molar-refractivity contribution in [3.63, 3.8) is 0 Å². The number of nitrogens with zero attached hydrogens (tertiary/aromatic N) is 4. The van der Waals surface area contributed by atoms with Crippen LogP contribution in [0, 0.1) is 11.7 Å². The number of halogens is 2. The van der Waals surface area contributed by atoms with Crippen molar-refractivity contribution < 1.29 is 14.3 Å². The van der Waals surface area contributed by atoms with Gasteiger partial charge < -0.3 is 15.7 Å². The molecule has 2 fully saturated rings. The Bertz CT molecular complexity index is 1170. The monoisotopic (exact) mass is 423 g/mol. The lowest BCUT2D eigenvalue weighted by atomic mass is 10.2. The Kier molecular flexibility index (Phi) is 4.18. The van der Waals surface area contributed by atoms with E-state index in [9.17, 15) is 19.1 Å². The minimum atomic E-state index is -1.39. The van der Waals surface area contributed by atoms with Crippen LogP contribution in [-0.2, 0) is 0 Å². The Labute approximate surface area is 167 Å². The lowest BCUT2D eigenvalue weighted by Gasteiger charge is -2.22. The van der Waals surface area contributed by atoms with Gasteiger partial charge in [0.15, 0.2) is 22.4 Å². The summed E-state index contributed by atoms with van der Waals surface area (Å²) in [4.78, 5) is 34.3. The normalized spacial score (nSPS) is 22.8. The molecule has 1 aliphatic carbocycles. The molecule has 2 atom stereocenters. The second kappa shape index (κ2) is 6.23. The number of hydrogen-bond donors (Lipinski definition) is 2. The van der Waals surface area contributed by atoms with E-state index in [1.54, 1.807) is 16.5 Å². The first-order valence-electron chi connectivity index (χ1n) is 8.30. The number of hydrogen-bond acceptors (Lipinski definition) is 7. The number of thiazole rings is 1. The molecule has 2 unspecified atom stereocenters. The number of anilines is 1. The summed E-state index contributed by atoms with van der Waals surface area (Å²) in [5.41, 5.74) is 4.85. The summed E-state index contributed by atoms with van der Waals surface area (Å²) in [6.07, 6.45) is 3.66. The Hall–Kier alpha value is -2.56. The molecule has 0 amide bonds. The molecular weight excluding hydrogens is 409 g/mol. The Morgan fingerprint density at radius 3 is 2.86 bits per heavy atom. The summed E-state index contributed by atoms with van der Waals surface area (Å²) in [5, 5.41) is 11.4. The van der Waals surface area contributed by atoms with Crippen LogP contribution >= 0.6 is 23.7 Å². The predicted molar refractivity (Wildman–Crippen MR) is 104 cm³/mol. The minimum Gasteiger partial charge on any atom is -0.477 e. The van der Waals surface area contributed by atoms with Gasteiger partial charge in [0, 0.05) is 36.4 Å². The van der Waals surface area contributed by atoms with Crippen LogP contribution in [0.1, 0.15) is 16.8 Å². The van der Waals surface area contributed by atoms with E-state index in [4.69, 9.17) is 5.73 Å². The summed E-state index contributed by atoms with van der Waals surface area (Å²) in [6.45, 7) is 1.11. The van der Waals surface area contributed by atoms with E-state index < -0.39 is 22.8 Å². The highest BCUT2D eigenvalue weighted by Crippen LogP contribution is 2.48. The molecule has 1 saturated heterocycles. The van der Waals surface area contributed by atoms with Crippen molar-refractivity contribution in [3.05, 3.63) is 45.4 Å². The van der Waals surface area contributed by atoms with Crippen molar-refractivity contribution >= 4 is 46.6 Å². The fourth-order valence-electron chi connectivity index (χ4n) is 3.76. The largest absolute Gasteiger partial charge is 0.477 e. The molecule has 11 heteroatoms. The van der Waals surface area contributed by atoms with Crippen LogP contribution in [0.4, 0.5) is 10.2 Å². The van der Waals surface area contributed by atoms with E-state index in [1.165, 1.54) is 22.1 Å². The van der Waals surface area contributed by atoms with Crippen LogP contribution in [0.2, 0.25) is 0 Å². The van der Waals surface area contributed by atoms with E-state index in [1.807, 2.05) is 0 Å². The maximum Gasteiger partial charge on any atom is 0.341 e. The van der Waals surface area contributed by atoms with E-state index in [-0.39, 0.29) is 34.8 Å². The smallest absolute Gasteiger partial charge is 0.341 e. The van der Waals surface area contributed by atoms with Gasteiger partial charge in [-0.2, -0.15) is 0 Å². The van der Waals surface area contributed by atoms with Gasteiger partial charge in [-0.05, 0) is 18.4 Å². The average molecular weight is 424 g/mol. The Morgan fingerprint density at radius 1 is 1.46 bits per heavy atom. The maximum absolute atomic E-state index is 14.8. The molecule has 8 nitrogen and oxygen atoms in total. The number of piperidine rings is 1. The second-order valence-electron chi connectivity index (χ2n) is 7.04. The highest BCUT2D eigenvalue weighted by molar-refractivity contribution is 7.12. The van der Waals surface area contributed by atoms with Crippen molar-refractivity contribution in [1.82, 2.24) is 14.5 Å². The van der Waals surface area contributed by atoms with Crippen LogP contribution in [0.15, 0.2) is 28.6 Å². The van der Waals surface area contributed by atoms with Gasteiger partial charge in [-0.3, -0.25) is 9.36 Å². The molecule has 0 bridgehead atoms. The molecule has 3 aromatic heterocycles. The molecule has 0 spiro atoms. The van der Waals surface area contributed by atoms with Gasteiger partial charge in [0.1, 0.15) is 5.56 Å². The van der Waals surface area contributed by atoms with E-state index in [2.05, 4.69) is 9.97 Å². The second-order valence-corrected chi connectivity index (χ2v) is 7.91. The first kappa shape index (κ1) is 18.8. The number of pyridine rings is 2. The third-order valence-electron chi connectivity index (χ3n) is 5.27. The first-order chi connectivity index (χ1) is 12.9. The van der Waals surface area contributed by atoms with Crippen LogP contribution < -0.4 is 16.1 Å². The maximum atomic E-state index is 14.8. The van der Waals surface area contributed by atoms with Crippen molar-refractivity contribution in [1.29, 1.82) is 0 Å². The Morgan fingerprint density at radius 2 is 2.25 bits per heavy atom. The number of carboxylic acid groups (broad SMARTS) is 1. The number of nitrogens with two attached hydrogens (primary N) is 1. The van der Waals surface area contributed by atoms with Gasteiger partial charge in [0.2, 0.25) is 5.43 Å². The number of aromatic carboxylic acids is 1. The first-order valence-corrected chi connectivity index (χ1v) is 9.18. The molecule has 0 aromatic carbocycles. The summed E-state index contributed by atoms with van der Waals surface area (Å²) in [7, 11) is 0. The van der Waals surface area contributed by atoms with Crippen molar-refractivity contribution in [3.8, 4) is 5.13 Å². The lowest BCUT2D eigenvalue weighted by molar-refractivity contribution is 0.0695. The van der Waals surface area contributed by atoms with Crippen molar-refractivity contribution in [2.75, 3.05) is 18.0 Å². The third kappa shape index (κ3) is 2.67. The number of fused-ring (bicyclic) bond motifs is 2. The summed E-state index contributed by atoms with van der Waals surface area (Å²) >= 11 is 1.26. The van der Waals surface area contributed by atoms with E-state index >= 15 is 0 Å². The van der Waals surface area contributed by atoms with Gasteiger partial charge in [-0.1, -0.05) is 0 Å². The number of aromatic nitrogens is 3. The molecule has 146 valence electrons. The predicted octanol–water partition coefficient (Wildman–Crippen LogP) is 1.64. The van der Waals surface area contributed by atoms with Crippen LogP contribution in [0.25, 0.3) is 16.2 Å². The van der Waals surface area contributed by atoms with Crippen LogP contribution in [0.5, 0.6) is 0 Å². The molecule has 28 heavy (non-hydrogen) atoms. The fraction of sp³-hybridized carbons (Fsp3) is 0.294. The molecule has 3 aromatic rings. The number of carbonyl (C=O) groups is 1. The molecule has 2 aliphatic rings. The van der Waals surface area contributed by atoms with Crippen LogP contribution in [0.3, 0.4) is 0 Å². The molecule has 1 aliphatic heterocycles. The van der Waals surface area contributed by atoms with Gasteiger partial charge in [0.25, 0.3) is 0 Å². The standard InChI is InChI=1S/C17H14FN5O3S.ClH/c18-11-3-9-12(24)10(15(25)26)6-23(16-20-1-2-27-16)13(9)21-14(11)22-5-8-4-17(8,19)7-22;/h1-3,6,8H,4-5,7,19H2,(H,25,26);1H. The quantitative estimate of drug-likeness (QED) is 0.658. The minimum absolute atomic E-state index is 0. The zero-order valence-electron chi connectivity index (χ0n) is 14.3. The number of carboxylic acids is 1. The number of rotatable bonds is 3. The third-order valence-corrected chi connectivity index (χ3v) is 6.04. The van der Waals surface area contributed by atoms with Gasteiger partial charge in [-0.15, -0.1) is 23.7 Å². The summed E-state index contributed by atoms with van der Waals surface area (Å²) < 4.78 is 16.2. The zero-order valence-corrected chi connectivity index (χ0v) is 16.0. The van der Waals surface area contributed by atoms with E-state index in [0.717, 1.165) is 12.5 Å². The lowest BCUT2D eigenvalue weighted by Crippen LogP contribution is -2.34. The Balaban J connectivity index is 0.00000192. The van der Waals surface area contributed by atoms with Crippen molar-refractivity contribution in [2.24, 2.45) is 11.7 Å². The highest BCUT2D eigenvalue weighted by atomic mass is 35.5. The SMILES string of the molecule is Cl.NC12CC1CN(c1nc3c(cc1F)c(=O)c(C(=O)O)cn3-c1nccs1)C2. The van der Waals surface area contributed by atoms with E-state index in [0.29, 0.717) is 24.1 Å². The zero-order chi connectivity index (χ0) is 18.9. The summed E-state index contributed by atoms with van der Waals surface area (Å²) in [5.74, 6) is -1.61. The van der Waals surface area contributed by atoms with Gasteiger partial charge >= 0.3 is 5.97 Å². The van der Waals surface area contributed by atoms with Gasteiger partial charge in [-0.25, -0.2) is 19.2 Å².